The van der Waals surface area contributed by atoms with Gasteiger partial charge in [-0.2, -0.15) is 13.2 Å². The molecule has 1 aliphatic carbocycles. The van der Waals surface area contributed by atoms with Crippen LogP contribution in [0.1, 0.15) is 59.3 Å². The molecule has 1 aliphatic rings. The fourth-order valence-electron chi connectivity index (χ4n) is 2.78. The average molecular weight is 323 g/mol. The van der Waals surface area contributed by atoms with E-state index < -0.39 is 35.4 Å². The van der Waals surface area contributed by atoms with Gasteiger partial charge in [0.2, 0.25) is 5.91 Å². The SMILES string of the molecule is CCC1CCC(NC(=O)CC(C)(C)C(F)(F)F)(C(=O)O)CC1. The number of hydrogen-bond donors (Lipinski definition) is 2. The van der Waals surface area contributed by atoms with Gasteiger partial charge in [0.1, 0.15) is 5.54 Å². The van der Waals surface area contributed by atoms with Crippen molar-refractivity contribution in [3.63, 3.8) is 0 Å². The van der Waals surface area contributed by atoms with Gasteiger partial charge in [-0.15, -0.1) is 0 Å². The molecule has 0 aromatic carbocycles. The van der Waals surface area contributed by atoms with Gasteiger partial charge in [0.25, 0.3) is 0 Å². The summed E-state index contributed by atoms with van der Waals surface area (Å²) < 4.78 is 38.5. The highest BCUT2D eigenvalue weighted by Gasteiger charge is 2.50. The molecule has 0 aliphatic heterocycles. The second-order valence-electron chi connectivity index (χ2n) is 6.85. The Balaban J connectivity index is 2.77. The van der Waals surface area contributed by atoms with E-state index in [4.69, 9.17) is 0 Å². The molecular formula is C15H24F3NO3. The zero-order chi connectivity index (χ0) is 17.2. The Morgan fingerprint density at radius 1 is 1.23 bits per heavy atom. The van der Waals surface area contributed by atoms with Crippen LogP contribution in [0.3, 0.4) is 0 Å². The molecule has 0 heterocycles. The maximum atomic E-state index is 12.8. The molecule has 7 heteroatoms. The normalized spacial score (nSPS) is 26.5. The number of rotatable bonds is 5. The number of halogens is 3. The Morgan fingerprint density at radius 2 is 1.73 bits per heavy atom. The molecule has 0 aromatic rings. The molecule has 1 amide bonds. The van der Waals surface area contributed by atoms with Crippen molar-refractivity contribution < 1.29 is 27.9 Å². The molecule has 1 rings (SSSR count). The van der Waals surface area contributed by atoms with Gasteiger partial charge in [-0.3, -0.25) is 4.79 Å². The van der Waals surface area contributed by atoms with Crippen LogP contribution in [0.4, 0.5) is 13.2 Å². The third-order valence-corrected chi connectivity index (χ3v) is 4.69. The summed E-state index contributed by atoms with van der Waals surface area (Å²) in [6.45, 7) is 3.89. The fraction of sp³-hybridized carbons (Fsp3) is 0.867. The summed E-state index contributed by atoms with van der Waals surface area (Å²) in [5, 5.41) is 11.8. The molecule has 0 spiro atoms. The summed E-state index contributed by atoms with van der Waals surface area (Å²) in [6.07, 6.45) is -2.51. The van der Waals surface area contributed by atoms with Crippen LogP contribution >= 0.6 is 0 Å². The maximum absolute atomic E-state index is 12.8. The lowest BCUT2D eigenvalue weighted by molar-refractivity contribution is -0.214. The van der Waals surface area contributed by atoms with Gasteiger partial charge >= 0.3 is 12.1 Å². The van der Waals surface area contributed by atoms with Crippen LogP contribution in [0.25, 0.3) is 0 Å². The maximum Gasteiger partial charge on any atom is 0.394 e. The van der Waals surface area contributed by atoms with Crippen molar-refractivity contribution >= 4 is 11.9 Å². The highest BCUT2D eigenvalue weighted by Crippen LogP contribution is 2.41. The van der Waals surface area contributed by atoms with Gasteiger partial charge in [0, 0.05) is 6.42 Å². The van der Waals surface area contributed by atoms with Crippen molar-refractivity contribution in [2.45, 2.75) is 71.0 Å². The first-order valence-corrected chi connectivity index (χ1v) is 7.54. The van der Waals surface area contributed by atoms with Crippen molar-refractivity contribution in [1.82, 2.24) is 5.32 Å². The summed E-state index contributed by atoms with van der Waals surface area (Å²) in [5.41, 5.74) is -3.61. The number of aliphatic carboxylic acids is 1. The summed E-state index contributed by atoms with van der Waals surface area (Å²) in [6, 6.07) is 0. The minimum atomic E-state index is -4.51. The topological polar surface area (TPSA) is 66.4 Å². The van der Waals surface area contributed by atoms with E-state index >= 15 is 0 Å². The van der Waals surface area contributed by atoms with Crippen molar-refractivity contribution in [3.8, 4) is 0 Å². The summed E-state index contributed by atoms with van der Waals surface area (Å²) in [5.74, 6) is -1.61. The van der Waals surface area contributed by atoms with Crippen molar-refractivity contribution in [2.75, 3.05) is 0 Å². The van der Waals surface area contributed by atoms with Crippen LogP contribution in [0, 0.1) is 11.3 Å². The minimum absolute atomic E-state index is 0.263. The summed E-state index contributed by atoms with van der Waals surface area (Å²) in [4.78, 5) is 23.5. The van der Waals surface area contributed by atoms with E-state index in [9.17, 15) is 27.9 Å². The molecule has 0 saturated heterocycles. The summed E-state index contributed by atoms with van der Waals surface area (Å²) >= 11 is 0. The number of carbonyl (C=O) groups is 2. The largest absolute Gasteiger partial charge is 0.480 e. The quantitative estimate of drug-likeness (QED) is 0.814. The predicted octanol–water partition coefficient (Wildman–Crippen LogP) is 3.50. The number of hydrogen-bond acceptors (Lipinski definition) is 2. The monoisotopic (exact) mass is 323 g/mol. The van der Waals surface area contributed by atoms with E-state index in [1.54, 1.807) is 0 Å². The van der Waals surface area contributed by atoms with Crippen molar-refractivity contribution in [2.24, 2.45) is 11.3 Å². The fourth-order valence-corrected chi connectivity index (χ4v) is 2.78. The second-order valence-corrected chi connectivity index (χ2v) is 6.85. The van der Waals surface area contributed by atoms with E-state index in [-0.39, 0.29) is 12.8 Å². The Hall–Kier alpha value is -1.27. The van der Waals surface area contributed by atoms with Crippen LogP contribution in [0.2, 0.25) is 0 Å². The molecule has 1 saturated carbocycles. The Labute approximate surface area is 128 Å². The lowest BCUT2D eigenvalue weighted by atomic mass is 9.75. The Bertz CT molecular complexity index is 424. The number of carboxylic acids is 1. The minimum Gasteiger partial charge on any atom is -0.480 e. The zero-order valence-corrected chi connectivity index (χ0v) is 13.2. The van der Waals surface area contributed by atoms with E-state index in [0.29, 0.717) is 18.8 Å². The van der Waals surface area contributed by atoms with E-state index in [1.165, 1.54) is 0 Å². The third-order valence-electron chi connectivity index (χ3n) is 4.69. The number of carbonyl (C=O) groups excluding carboxylic acids is 1. The first kappa shape index (κ1) is 18.8. The number of nitrogens with one attached hydrogen (secondary N) is 1. The number of alkyl halides is 3. The molecule has 22 heavy (non-hydrogen) atoms. The number of carboxylic acid groups (broad SMARTS) is 1. The van der Waals surface area contributed by atoms with Crippen LogP contribution in [-0.4, -0.2) is 28.7 Å². The van der Waals surface area contributed by atoms with E-state index in [2.05, 4.69) is 5.32 Å². The molecule has 0 atom stereocenters. The van der Waals surface area contributed by atoms with Gasteiger partial charge in [-0.05, 0) is 31.6 Å². The molecular weight excluding hydrogens is 299 g/mol. The smallest absolute Gasteiger partial charge is 0.394 e. The molecule has 0 radical (unpaired) electrons. The Kier molecular flexibility index (Phi) is 5.51. The molecule has 4 nitrogen and oxygen atoms in total. The van der Waals surface area contributed by atoms with Gasteiger partial charge in [-0.25, -0.2) is 4.79 Å². The molecule has 0 aromatic heterocycles. The average Bonchev–Trinajstić information content (AvgIpc) is 2.37. The van der Waals surface area contributed by atoms with Crippen LogP contribution in [0.5, 0.6) is 0 Å². The van der Waals surface area contributed by atoms with Crippen molar-refractivity contribution in [3.05, 3.63) is 0 Å². The zero-order valence-electron chi connectivity index (χ0n) is 13.2. The van der Waals surface area contributed by atoms with Crippen LogP contribution in [-0.2, 0) is 9.59 Å². The van der Waals surface area contributed by atoms with E-state index in [0.717, 1.165) is 20.3 Å². The van der Waals surface area contributed by atoms with E-state index in [1.807, 2.05) is 6.92 Å². The highest BCUT2D eigenvalue weighted by atomic mass is 19.4. The lowest BCUT2D eigenvalue weighted by Crippen LogP contribution is -2.57. The van der Waals surface area contributed by atoms with Gasteiger partial charge < -0.3 is 10.4 Å². The Morgan fingerprint density at radius 3 is 2.09 bits per heavy atom. The molecule has 0 unspecified atom stereocenters. The van der Waals surface area contributed by atoms with Gasteiger partial charge in [0.05, 0.1) is 5.41 Å². The number of amides is 1. The van der Waals surface area contributed by atoms with Gasteiger partial charge in [0.15, 0.2) is 0 Å². The van der Waals surface area contributed by atoms with Crippen molar-refractivity contribution in [1.29, 1.82) is 0 Å². The molecule has 1 fully saturated rings. The molecule has 0 bridgehead atoms. The first-order valence-electron chi connectivity index (χ1n) is 7.54. The summed E-state index contributed by atoms with van der Waals surface area (Å²) in [7, 11) is 0. The standard InChI is InChI=1S/C15H24F3NO3/c1-4-10-5-7-14(8-6-10,12(21)22)19-11(20)9-13(2,3)15(16,17)18/h10H,4-9H2,1-3H3,(H,19,20)(H,21,22). The first-order chi connectivity index (χ1) is 9.93. The third kappa shape index (κ3) is 4.14. The second kappa shape index (κ2) is 6.46. The molecule has 2 N–H and O–H groups in total. The van der Waals surface area contributed by atoms with Gasteiger partial charge in [-0.1, -0.05) is 27.2 Å². The lowest BCUT2D eigenvalue weighted by Gasteiger charge is -2.38. The molecule has 128 valence electrons. The predicted molar refractivity (Wildman–Crippen MR) is 75.2 cm³/mol. The van der Waals surface area contributed by atoms with Crippen LogP contribution < -0.4 is 5.32 Å². The van der Waals surface area contributed by atoms with Crippen LogP contribution in [0.15, 0.2) is 0 Å². The highest BCUT2D eigenvalue weighted by molar-refractivity contribution is 5.87.